The molecule has 1 aromatic heterocycles. The molecule has 0 saturated carbocycles. The Labute approximate surface area is 123 Å². The van der Waals surface area contributed by atoms with Gasteiger partial charge >= 0.3 is 0 Å². The van der Waals surface area contributed by atoms with E-state index in [9.17, 15) is 0 Å². The second kappa shape index (κ2) is 4.39. The highest BCUT2D eigenvalue weighted by Gasteiger charge is 2.24. The van der Waals surface area contributed by atoms with Gasteiger partial charge in [-0.25, -0.2) is 0 Å². The molecule has 0 bridgehead atoms. The normalized spacial score (nSPS) is 17.6. The maximum absolute atomic E-state index is 6.13. The molecule has 2 aromatic carbocycles. The summed E-state index contributed by atoms with van der Waals surface area (Å²) >= 11 is 6.13. The first-order valence-corrected chi connectivity index (χ1v) is 7.46. The molecule has 4 rings (SSSR count). The van der Waals surface area contributed by atoms with Gasteiger partial charge in [0, 0.05) is 22.1 Å². The van der Waals surface area contributed by atoms with Crippen LogP contribution in [0.25, 0.3) is 10.9 Å². The Balaban J connectivity index is 1.92. The fourth-order valence-electron chi connectivity index (χ4n) is 3.48. The number of halogens is 1. The predicted molar refractivity (Wildman–Crippen MR) is 84.6 cm³/mol. The molecule has 0 aliphatic heterocycles. The molecular formula is C18H16ClN. The Kier molecular flexibility index (Phi) is 2.64. The van der Waals surface area contributed by atoms with Crippen LogP contribution in [0, 0.1) is 6.92 Å². The molecule has 1 unspecified atom stereocenters. The number of aromatic nitrogens is 1. The quantitative estimate of drug-likeness (QED) is 0.582. The van der Waals surface area contributed by atoms with E-state index in [4.69, 9.17) is 11.6 Å². The van der Waals surface area contributed by atoms with Gasteiger partial charge in [-0.05, 0) is 54.7 Å². The van der Waals surface area contributed by atoms with Gasteiger partial charge in [-0.15, -0.1) is 0 Å². The van der Waals surface area contributed by atoms with E-state index in [1.807, 2.05) is 6.07 Å². The Morgan fingerprint density at radius 1 is 1.15 bits per heavy atom. The predicted octanol–water partition coefficient (Wildman–Crippen LogP) is 5.14. The summed E-state index contributed by atoms with van der Waals surface area (Å²) in [4.78, 5) is 0. The van der Waals surface area contributed by atoms with Crippen molar-refractivity contribution in [3.05, 3.63) is 70.4 Å². The van der Waals surface area contributed by atoms with Crippen molar-refractivity contribution < 1.29 is 0 Å². The summed E-state index contributed by atoms with van der Waals surface area (Å²) in [6, 6.07) is 15.5. The van der Waals surface area contributed by atoms with E-state index in [2.05, 4.69) is 54.1 Å². The van der Waals surface area contributed by atoms with E-state index < -0.39 is 0 Å². The van der Waals surface area contributed by atoms with E-state index >= 15 is 0 Å². The van der Waals surface area contributed by atoms with Crippen molar-refractivity contribution in [3.8, 4) is 0 Å². The van der Waals surface area contributed by atoms with Gasteiger partial charge in [0.1, 0.15) is 0 Å². The minimum atomic E-state index is 0.462. The zero-order valence-corrected chi connectivity index (χ0v) is 12.2. The van der Waals surface area contributed by atoms with E-state index in [0.717, 1.165) is 5.02 Å². The Hall–Kier alpha value is -1.73. The van der Waals surface area contributed by atoms with Crippen molar-refractivity contribution in [1.82, 2.24) is 4.57 Å². The van der Waals surface area contributed by atoms with Crippen molar-refractivity contribution in [3.63, 3.8) is 0 Å². The van der Waals surface area contributed by atoms with Crippen molar-refractivity contribution in [2.24, 2.45) is 0 Å². The minimum absolute atomic E-state index is 0.462. The first-order chi connectivity index (χ1) is 9.74. The number of rotatable bonds is 1. The smallest absolute Gasteiger partial charge is 0.0591 e. The van der Waals surface area contributed by atoms with Crippen molar-refractivity contribution in [2.45, 2.75) is 25.8 Å². The molecule has 0 saturated heterocycles. The molecule has 1 atom stereocenters. The average Bonchev–Trinajstić information content (AvgIpc) is 3.01. The van der Waals surface area contributed by atoms with Crippen molar-refractivity contribution in [2.75, 3.05) is 0 Å². The highest BCUT2D eigenvalue weighted by molar-refractivity contribution is 6.31. The van der Waals surface area contributed by atoms with Gasteiger partial charge in [0.25, 0.3) is 0 Å². The Bertz CT molecular complexity index is 800. The maximum Gasteiger partial charge on any atom is 0.0591 e. The van der Waals surface area contributed by atoms with Gasteiger partial charge in [-0.2, -0.15) is 0 Å². The third-order valence-corrected chi connectivity index (χ3v) is 4.67. The van der Waals surface area contributed by atoms with Crippen LogP contribution >= 0.6 is 11.6 Å². The summed E-state index contributed by atoms with van der Waals surface area (Å²) in [7, 11) is 0. The largest absolute Gasteiger partial charge is 0.340 e. The topological polar surface area (TPSA) is 4.93 Å². The molecule has 1 aliphatic carbocycles. The lowest BCUT2D eigenvalue weighted by Crippen LogP contribution is -2.05. The first-order valence-electron chi connectivity index (χ1n) is 7.08. The summed E-state index contributed by atoms with van der Waals surface area (Å²) in [5.41, 5.74) is 5.55. The van der Waals surface area contributed by atoms with E-state index in [0.29, 0.717) is 6.04 Å². The van der Waals surface area contributed by atoms with Crippen molar-refractivity contribution in [1.29, 1.82) is 0 Å². The van der Waals surface area contributed by atoms with Gasteiger partial charge in [-0.3, -0.25) is 0 Å². The van der Waals surface area contributed by atoms with Crippen LogP contribution < -0.4 is 0 Å². The van der Waals surface area contributed by atoms with E-state index in [-0.39, 0.29) is 0 Å². The van der Waals surface area contributed by atoms with Crippen LogP contribution in [0.2, 0.25) is 5.02 Å². The fraction of sp³-hybridized carbons (Fsp3) is 0.222. The van der Waals surface area contributed by atoms with Crippen LogP contribution in [0.5, 0.6) is 0 Å². The summed E-state index contributed by atoms with van der Waals surface area (Å²) in [5.74, 6) is 0. The fourth-order valence-corrected chi connectivity index (χ4v) is 3.65. The molecule has 2 heteroatoms. The second-order valence-electron chi connectivity index (χ2n) is 5.63. The standard InChI is InChI=1S/C18H16ClN/c1-12-11-20(18-9-7-14(19)10-16(12)18)17-8-6-13-4-2-3-5-15(13)17/h2-5,7,9-11,17H,6,8H2,1H3. The Morgan fingerprint density at radius 2 is 2.00 bits per heavy atom. The maximum atomic E-state index is 6.13. The number of aryl methyl sites for hydroxylation is 2. The molecule has 0 N–H and O–H groups in total. The zero-order valence-electron chi connectivity index (χ0n) is 11.4. The lowest BCUT2D eigenvalue weighted by molar-refractivity contribution is 0.598. The molecule has 1 heterocycles. The van der Waals surface area contributed by atoms with Crippen LogP contribution in [-0.4, -0.2) is 4.57 Å². The second-order valence-corrected chi connectivity index (χ2v) is 6.07. The molecule has 0 fully saturated rings. The van der Waals surface area contributed by atoms with Crippen molar-refractivity contribution >= 4 is 22.5 Å². The molecule has 3 aromatic rings. The molecule has 0 radical (unpaired) electrons. The van der Waals surface area contributed by atoms with Gasteiger partial charge in [0.15, 0.2) is 0 Å². The average molecular weight is 282 g/mol. The zero-order chi connectivity index (χ0) is 13.7. The van der Waals surface area contributed by atoms with Gasteiger partial charge in [-0.1, -0.05) is 35.9 Å². The minimum Gasteiger partial charge on any atom is -0.340 e. The third kappa shape index (κ3) is 1.70. The van der Waals surface area contributed by atoms with E-state index in [1.165, 1.54) is 40.4 Å². The number of hydrogen-bond acceptors (Lipinski definition) is 0. The van der Waals surface area contributed by atoms with Crippen LogP contribution in [0.4, 0.5) is 0 Å². The Morgan fingerprint density at radius 3 is 2.90 bits per heavy atom. The SMILES string of the molecule is Cc1cn(C2CCc3ccccc32)c2ccc(Cl)cc12. The number of benzene rings is 2. The highest BCUT2D eigenvalue weighted by Crippen LogP contribution is 2.37. The summed E-state index contributed by atoms with van der Waals surface area (Å²) in [6.07, 6.45) is 4.63. The third-order valence-electron chi connectivity index (χ3n) is 4.43. The number of nitrogens with zero attached hydrogens (tertiary/aromatic N) is 1. The molecule has 1 nitrogen and oxygen atoms in total. The molecular weight excluding hydrogens is 266 g/mol. The first kappa shape index (κ1) is 12.0. The van der Waals surface area contributed by atoms with Crippen LogP contribution in [0.1, 0.15) is 29.2 Å². The summed E-state index contributed by atoms with van der Waals surface area (Å²) in [6.45, 7) is 2.16. The summed E-state index contributed by atoms with van der Waals surface area (Å²) in [5, 5.41) is 2.08. The van der Waals surface area contributed by atoms with Gasteiger partial charge in [0.2, 0.25) is 0 Å². The molecule has 1 aliphatic rings. The molecule has 20 heavy (non-hydrogen) atoms. The molecule has 0 amide bonds. The van der Waals surface area contributed by atoms with Crippen LogP contribution in [-0.2, 0) is 6.42 Å². The van der Waals surface area contributed by atoms with E-state index in [1.54, 1.807) is 0 Å². The number of fused-ring (bicyclic) bond motifs is 2. The lowest BCUT2D eigenvalue weighted by Gasteiger charge is -2.15. The van der Waals surface area contributed by atoms with Crippen LogP contribution in [0.15, 0.2) is 48.7 Å². The monoisotopic (exact) mass is 281 g/mol. The number of hydrogen-bond donors (Lipinski definition) is 0. The molecule has 0 spiro atoms. The lowest BCUT2D eigenvalue weighted by atomic mass is 10.1. The highest BCUT2D eigenvalue weighted by atomic mass is 35.5. The van der Waals surface area contributed by atoms with Gasteiger partial charge in [0.05, 0.1) is 6.04 Å². The van der Waals surface area contributed by atoms with Gasteiger partial charge < -0.3 is 4.57 Å². The summed E-state index contributed by atoms with van der Waals surface area (Å²) < 4.78 is 2.42. The van der Waals surface area contributed by atoms with Crippen LogP contribution in [0.3, 0.4) is 0 Å². The molecule has 100 valence electrons.